The predicted octanol–water partition coefficient (Wildman–Crippen LogP) is 2.44. The SMILES string of the molecule is CC(C)(C)C1CCCC(NN)CC1. The zero-order valence-corrected chi connectivity index (χ0v) is 9.27. The van der Waals surface area contributed by atoms with Crippen LogP contribution in [-0.2, 0) is 0 Å². The number of hydrazine groups is 1. The third-order valence-electron chi connectivity index (χ3n) is 3.43. The lowest BCUT2D eigenvalue weighted by Crippen LogP contribution is -2.34. The van der Waals surface area contributed by atoms with E-state index >= 15 is 0 Å². The molecule has 3 N–H and O–H groups in total. The summed E-state index contributed by atoms with van der Waals surface area (Å²) in [4.78, 5) is 0. The van der Waals surface area contributed by atoms with Crippen molar-refractivity contribution in [2.45, 2.75) is 58.9 Å². The van der Waals surface area contributed by atoms with Crippen molar-refractivity contribution in [1.29, 1.82) is 0 Å². The molecule has 0 saturated heterocycles. The van der Waals surface area contributed by atoms with Crippen LogP contribution in [0, 0.1) is 11.3 Å². The Balaban J connectivity index is 2.45. The van der Waals surface area contributed by atoms with Gasteiger partial charge in [0.05, 0.1) is 0 Å². The minimum Gasteiger partial charge on any atom is -0.271 e. The molecular formula is C11H24N2. The van der Waals surface area contributed by atoms with Crippen LogP contribution in [0.1, 0.15) is 52.9 Å². The molecule has 0 amide bonds. The second-order valence-electron chi connectivity index (χ2n) is 5.43. The Hall–Kier alpha value is -0.0800. The Bertz CT molecular complexity index is 149. The normalized spacial score (nSPS) is 31.4. The van der Waals surface area contributed by atoms with Gasteiger partial charge in [-0.25, -0.2) is 0 Å². The van der Waals surface area contributed by atoms with Gasteiger partial charge < -0.3 is 0 Å². The van der Waals surface area contributed by atoms with E-state index in [0.29, 0.717) is 11.5 Å². The monoisotopic (exact) mass is 184 g/mol. The van der Waals surface area contributed by atoms with Crippen molar-refractivity contribution >= 4 is 0 Å². The molecular weight excluding hydrogens is 160 g/mol. The first-order valence-electron chi connectivity index (χ1n) is 5.50. The molecule has 1 saturated carbocycles. The van der Waals surface area contributed by atoms with Crippen LogP contribution in [0.5, 0.6) is 0 Å². The molecule has 2 atom stereocenters. The van der Waals surface area contributed by atoms with Gasteiger partial charge in [-0.15, -0.1) is 0 Å². The molecule has 0 aromatic rings. The highest BCUT2D eigenvalue weighted by molar-refractivity contribution is 4.80. The van der Waals surface area contributed by atoms with Crippen LogP contribution in [0.25, 0.3) is 0 Å². The quantitative estimate of drug-likeness (QED) is 0.373. The fourth-order valence-corrected chi connectivity index (χ4v) is 2.33. The maximum Gasteiger partial charge on any atom is 0.0210 e. The van der Waals surface area contributed by atoms with Crippen molar-refractivity contribution < 1.29 is 0 Å². The molecule has 0 bridgehead atoms. The van der Waals surface area contributed by atoms with E-state index in [0.717, 1.165) is 5.92 Å². The van der Waals surface area contributed by atoms with Crippen LogP contribution >= 0.6 is 0 Å². The zero-order chi connectivity index (χ0) is 9.90. The molecule has 0 aromatic carbocycles. The summed E-state index contributed by atoms with van der Waals surface area (Å²) in [6.07, 6.45) is 6.54. The summed E-state index contributed by atoms with van der Waals surface area (Å²) in [5.41, 5.74) is 3.39. The fourth-order valence-electron chi connectivity index (χ4n) is 2.33. The van der Waals surface area contributed by atoms with Crippen LogP contribution in [0.4, 0.5) is 0 Å². The maximum atomic E-state index is 5.48. The van der Waals surface area contributed by atoms with E-state index in [1.165, 1.54) is 32.1 Å². The van der Waals surface area contributed by atoms with Gasteiger partial charge in [-0.1, -0.05) is 27.2 Å². The molecule has 0 heterocycles. The molecule has 0 spiro atoms. The highest BCUT2D eigenvalue weighted by Crippen LogP contribution is 2.36. The highest BCUT2D eigenvalue weighted by atomic mass is 15.2. The van der Waals surface area contributed by atoms with Crippen molar-refractivity contribution in [3.05, 3.63) is 0 Å². The molecule has 2 unspecified atom stereocenters. The Kier molecular flexibility index (Phi) is 3.74. The molecule has 13 heavy (non-hydrogen) atoms. The van der Waals surface area contributed by atoms with Gasteiger partial charge in [-0.05, 0) is 37.0 Å². The minimum atomic E-state index is 0.476. The van der Waals surface area contributed by atoms with Crippen molar-refractivity contribution in [2.75, 3.05) is 0 Å². The van der Waals surface area contributed by atoms with Gasteiger partial charge in [-0.3, -0.25) is 11.3 Å². The molecule has 1 aliphatic rings. The molecule has 2 heteroatoms. The van der Waals surface area contributed by atoms with Crippen LogP contribution in [0.2, 0.25) is 0 Å². The Morgan fingerprint density at radius 1 is 1.08 bits per heavy atom. The van der Waals surface area contributed by atoms with Gasteiger partial charge in [-0.2, -0.15) is 0 Å². The van der Waals surface area contributed by atoms with Crippen molar-refractivity contribution in [3.8, 4) is 0 Å². The lowest BCUT2D eigenvalue weighted by atomic mass is 9.76. The van der Waals surface area contributed by atoms with E-state index in [2.05, 4.69) is 26.2 Å². The largest absolute Gasteiger partial charge is 0.271 e. The first-order chi connectivity index (χ1) is 6.04. The van der Waals surface area contributed by atoms with Gasteiger partial charge in [0.15, 0.2) is 0 Å². The molecule has 0 radical (unpaired) electrons. The zero-order valence-electron chi connectivity index (χ0n) is 9.27. The van der Waals surface area contributed by atoms with Crippen LogP contribution in [0.15, 0.2) is 0 Å². The summed E-state index contributed by atoms with van der Waals surface area (Å²) >= 11 is 0. The molecule has 1 rings (SSSR count). The van der Waals surface area contributed by atoms with E-state index in [1.54, 1.807) is 0 Å². The van der Waals surface area contributed by atoms with Crippen molar-refractivity contribution in [1.82, 2.24) is 5.43 Å². The summed E-state index contributed by atoms with van der Waals surface area (Å²) in [6, 6.07) is 0.562. The third kappa shape index (κ3) is 3.28. The first kappa shape index (κ1) is 11.0. The fraction of sp³-hybridized carbons (Fsp3) is 1.00. The standard InChI is InChI=1S/C11H24N2/c1-11(2,3)9-5-4-6-10(13-12)8-7-9/h9-10,13H,4-8,12H2,1-3H3. The van der Waals surface area contributed by atoms with Crippen molar-refractivity contribution in [3.63, 3.8) is 0 Å². The second kappa shape index (κ2) is 4.43. The summed E-state index contributed by atoms with van der Waals surface area (Å²) in [7, 11) is 0. The summed E-state index contributed by atoms with van der Waals surface area (Å²) in [5.74, 6) is 6.36. The summed E-state index contributed by atoms with van der Waals surface area (Å²) < 4.78 is 0. The number of hydrogen-bond acceptors (Lipinski definition) is 2. The average Bonchev–Trinajstić information content (AvgIpc) is 2.26. The minimum absolute atomic E-state index is 0.476. The highest BCUT2D eigenvalue weighted by Gasteiger charge is 2.27. The van der Waals surface area contributed by atoms with Gasteiger partial charge in [0.25, 0.3) is 0 Å². The number of rotatable bonds is 1. The smallest absolute Gasteiger partial charge is 0.0210 e. The molecule has 0 aliphatic heterocycles. The molecule has 0 aromatic heterocycles. The van der Waals surface area contributed by atoms with Gasteiger partial charge in [0, 0.05) is 6.04 Å². The lowest BCUT2D eigenvalue weighted by Gasteiger charge is -2.29. The third-order valence-corrected chi connectivity index (χ3v) is 3.43. The van der Waals surface area contributed by atoms with E-state index < -0.39 is 0 Å². The van der Waals surface area contributed by atoms with E-state index in [9.17, 15) is 0 Å². The number of nitrogens with two attached hydrogens (primary N) is 1. The van der Waals surface area contributed by atoms with Gasteiger partial charge in [0.2, 0.25) is 0 Å². The van der Waals surface area contributed by atoms with Crippen molar-refractivity contribution in [2.24, 2.45) is 17.2 Å². The molecule has 1 fully saturated rings. The second-order valence-corrected chi connectivity index (χ2v) is 5.43. The van der Waals surface area contributed by atoms with Gasteiger partial charge >= 0.3 is 0 Å². The van der Waals surface area contributed by atoms with Crippen LogP contribution < -0.4 is 11.3 Å². The van der Waals surface area contributed by atoms with Crippen LogP contribution in [0.3, 0.4) is 0 Å². The molecule has 1 aliphatic carbocycles. The van der Waals surface area contributed by atoms with Gasteiger partial charge in [0.1, 0.15) is 0 Å². The van der Waals surface area contributed by atoms with Crippen LogP contribution in [-0.4, -0.2) is 6.04 Å². The number of nitrogens with one attached hydrogen (secondary N) is 1. The topological polar surface area (TPSA) is 38.0 Å². The Morgan fingerprint density at radius 2 is 1.77 bits per heavy atom. The Labute approximate surface area is 82.2 Å². The summed E-state index contributed by atoms with van der Waals surface area (Å²) in [5, 5.41) is 0. The molecule has 78 valence electrons. The lowest BCUT2D eigenvalue weighted by molar-refractivity contribution is 0.213. The van der Waals surface area contributed by atoms with E-state index in [-0.39, 0.29) is 0 Å². The molecule has 2 nitrogen and oxygen atoms in total. The summed E-state index contributed by atoms with van der Waals surface area (Å²) in [6.45, 7) is 7.07. The average molecular weight is 184 g/mol. The Morgan fingerprint density at radius 3 is 2.31 bits per heavy atom. The van der Waals surface area contributed by atoms with E-state index in [1.807, 2.05) is 0 Å². The maximum absolute atomic E-state index is 5.48. The predicted molar refractivity (Wildman–Crippen MR) is 57.1 cm³/mol. The van der Waals surface area contributed by atoms with E-state index in [4.69, 9.17) is 5.84 Å². The first-order valence-corrected chi connectivity index (χ1v) is 5.50. The number of hydrogen-bond donors (Lipinski definition) is 2.